The summed E-state index contributed by atoms with van der Waals surface area (Å²) in [7, 11) is 0. The molecule has 0 saturated carbocycles. The second-order valence-electron chi connectivity index (χ2n) is 4.76. The molecule has 0 aromatic rings. The molecule has 2 rings (SSSR count). The number of nitrogens with one attached hydrogen (secondary N) is 2. The average molecular weight is 250 g/mol. The van der Waals surface area contributed by atoms with E-state index >= 15 is 0 Å². The maximum atomic E-state index is 11.7. The number of rotatable bonds is 2. The maximum Gasteiger partial charge on any atom is 0.245 e. The van der Waals surface area contributed by atoms with E-state index in [2.05, 4.69) is 10.9 Å². The lowest BCUT2D eigenvalue weighted by Gasteiger charge is -2.14. The molecule has 0 spiro atoms. The normalized spacial score (nSPS) is 33.7. The number of hydrogen-bond donors (Lipinski definition) is 4. The Labute approximate surface area is 105 Å². The lowest BCUT2D eigenvalue weighted by molar-refractivity contribution is -0.131. The fraction of sp³-hybridized carbons (Fsp3) is 0.500. The number of carbonyl (C=O) groups is 2. The summed E-state index contributed by atoms with van der Waals surface area (Å²) >= 11 is 0. The first-order valence-electron chi connectivity index (χ1n) is 6.04. The molecule has 0 heterocycles. The molecule has 6 nitrogen and oxygen atoms in total. The van der Waals surface area contributed by atoms with Crippen LogP contribution in [0.3, 0.4) is 0 Å². The van der Waals surface area contributed by atoms with Crippen LogP contribution in [0.25, 0.3) is 0 Å². The zero-order valence-electron chi connectivity index (χ0n) is 10.0. The number of hydrogen-bond acceptors (Lipinski definition) is 4. The van der Waals surface area contributed by atoms with Gasteiger partial charge in [0.05, 0.1) is 11.8 Å². The third-order valence-electron chi connectivity index (χ3n) is 3.22. The lowest BCUT2D eigenvalue weighted by Crippen LogP contribution is -2.46. The molecular weight excluding hydrogens is 232 g/mol. The maximum absolute atomic E-state index is 11.7. The topological polar surface area (TPSA) is 110 Å². The summed E-state index contributed by atoms with van der Waals surface area (Å²) in [6.45, 7) is 0. The van der Waals surface area contributed by atoms with Gasteiger partial charge in [-0.2, -0.15) is 0 Å². The highest BCUT2D eigenvalue weighted by molar-refractivity contribution is 5.86. The van der Waals surface area contributed by atoms with Crippen LogP contribution in [-0.2, 0) is 9.59 Å². The van der Waals surface area contributed by atoms with E-state index in [0.29, 0.717) is 12.8 Å². The van der Waals surface area contributed by atoms with Crippen LogP contribution in [0.1, 0.15) is 12.8 Å². The molecule has 18 heavy (non-hydrogen) atoms. The summed E-state index contributed by atoms with van der Waals surface area (Å²) in [5, 5.41) is 0. The Kier molecular flexibility index (Phi) is 3.78. The van der Waals surface area contributed by atoms with Gasteiger partial charge in [-0.15, -0.1) is 0 Å². The molecule has 2 aliphatic carbocycles. The molecule has 0 aliphatic heterocycles. The first-order valence-corrected chi connectivity index (χ1v) is 6.04. The smallest absolute Gasteiger partial charge is 0.245 e. The highest BCUT2D eigenvalue weighted by atomic mass is 16.2. The van der Waals surface area contributed by atoms with Crippen molar-refractivity contribution in [3.05, 3.63) is 24.3 Å². The number of amides is 2. The summed E-state index contributed by atoms with van der Waals surface area (Å²) in [5.74, 6) is -0.999. The lowest BCUT2D eigenvalue weighted by atomic mass is 10.1. The minimum absolute atomic E-state index is 0.0767. The van der Waals surface area contributed by atoms with Gasteiger partial charge >= 0.3 is 0 Å². The third-order valence-corrected chi connectivity index (χ3v) is 3.22. The van der Waals surface area contributed by atoms with Gasteiger partial charge in [-0.25, -0.2) is 0 Å². The van der Waals surface area contributed by atoms with Crippen LogP contribution in [0.4, 0.5) is 0 Å². The fourth-order valence-electron chi connectivity index (χ4n) is 2.15. The minimum atomic E-state index is -0.262. The molecule has 1 unspecified atom stereocenters. The van der Waals surface area contributed by atoms with Crippen molar-refractivity contribution in [2.24, 2.45) is 23.3 Å². The van der Waals surface area contributed by atoms with Crippen molar-refractivity contribution < 1.29 is 9.59 Å². The van der Waals surface area contributed by atoms with Crippen LogP contribution in [0, 0.1) is 11.8 Å². The van der Waals surface area contributed by atoms with E-state index in [9.17, 15) is 9.59 Å². The van der Waals surface area contributed by atoms with Gasteiger partial charge in [0.1, 0.15) is 0 Å². The van der Waals surface area contributed by atoms with Crippen molar-refractivity contribution in [1.29, 1.82) is 0 Å². The summed E-state index contributed by atoms with van der Waals surface area (Å²) in [5.41, 5.74) is 16.1. The quantitative estimate of drug-likeness (QED) is 0.370. The monoisotopic (exact) mass is 250 g/mol. The van der Waals surface area contributed by atoms with Crippen LogP contribution in [0.2, 0.25) is 0 Å². The number of hydrazine groups is 1. The van der Waals surface area contributed by atoms with Crippen LogP contribution in [-0.4, -0.2) is 23.9 Å². The minimum Gasteiger partial charge on any atom is -0.324 e. The van der Waals surface area contributed by atoms with Gasteiger partial charge in [0, 0.05) is 12.1 Å². The van der Waals surface area contributed by atoms with Crippen molar-refractivity contribution in [3.8, 4) is 0 Å². The molecule has 4 atom stereocenters. The standard InChI is InChI=1S/C12H18N4O2/c13-9-3-1-7(5-9)11(17)15-16-12(18)8-2-4-10(14)6-8/h1-4,7-10H,5-6,13-14H2,(H,15,17)(H,16,18)/t7-,8?,9+,10-/m0/s1. The fourth-order valence-corrected chi connectivity index (χ4v) is 2.15. The van der Waals surface area contributed by atoms with E-state index in [-0.39, 0.29) is 35.7 Å². The van der Waals surface area contributed by atoms with Gasteiger partial charge in [0.25, 0.3) is 0 Å². The van der Waals surface area contributed by atoms with E-state index in [0.717, 1.165) is 0 Å². The number of carbonyl (C=O) groups excluding carboxylic acids is 2. The van der Waals surface area contributed by atoms with Gasteiger partial charge in [-0.3, -0.25) is 20.4 Å². The third kappa shape index (κ3) is 2.96. The molecule has 6 heteroatoms. The Morgan fingerprint density at radius 1 is 0.833 bits per heavy atom. The van der Waals surface area contributed by atoms with E-state index in [1.807, 2.05) is 0 Å². The van der Waals surface area contributed by atoms with E-state index in [1.54, 1.807) is 24.3 Å². The van der Waals surface area contributed by atoms with Crippen LogP contribution >= 0.6 is 0 Å². The van der Waals surface area contributed by atoms with Gasteiger partial charge in [-0.1, -0.05) is 24.3 Å². The highest BCUT2D eigenvalue weighted by Gasteiger charge is 2.25. The Balaban J connectivity index is 1.75. The molecule has 0 aromatic heterocycles. The molecule has 2 amide bonds. The van der Waals surface area contributed by atoms with E-state index in [4.69, 9.17) is 11.5 Å². The molecule has 0 saturated heterocycles. The first kappa shape index (κ1) is 12.8. The van der Waals surface area contributed by atoms with Crippen LogP contribution in [0.5, 0.6) is 0 Å². The molecule has 6 N–H and O–H groups in total. The van der Waals surface area contributed by atoms with Crippen LogP contribution < -0.4 is 22.3 Å². The Morgan fingerprint density at radius 3 is 1.50 bits per heavy atom. The summed E-state index contributed by atoms with van der Waals surface area (Å²) in [6.07, 6.45) is 8.27. The predicted octanol–water partition coefficient (Wildman–Crippen LogP) is -1.06. The SMILES string of the molecule is N[C@@H]1C=C[C@H](C(=O)NNC(=O)C2C=C[C@H](N)C2)C1. The molecule has 0 bridgehead atoms. The molecule has 0 aromatic carbocycles. The zero-order valence-corrected chi connectivity index (χ0v) is 10.0. The van der Waals surface area contributed by atoms with Gasteiger partial charge in [0.2, 0.25) is 11.8 Å². The molecule has 0 fully saturated rings. The summed E-state index contributed by atoms with van der Waals surface area (Å²) < 4.78 is 0. The molecule has 98 valence electrons. The van der Waals surface area contributed by atoms with Crippen molar-refractivity contribution in [2.75, 3.05) is 0 Å². The second-order valence-corrected chi connectivity index (χ2v) is 4.76. The van der Waals surface area contributed by atoms with Gasteiger partial charge < -0.3 is 11.5 Å². The van der Waals surface area contributed by atoms with Gasteiger partial charge in [-0.05, 0) is 12.8 Å². The van der Waals surface area contributed by atoms with Crippen LogP contribution in [0.15, 0.2) is 24.3 Å². The summed E-state index contributed by atoms with van der Waals surface area (Å²) in [6, 6.07) is -0.153. The first-order chi connectivity index (χ1) is 8.56. The largest absolute Gasteiger partial charge is 0.324 e. The molecular formula is C12H18N4O2. The molecule has 0 radical (unpaired) electrons. The highest BCUT2D eigenvalue weighted by Crippen LogP contribution is 2.17. The molecule has 2 aliphatic rings. The van der Waals surface area contributed by atoms with Crippen molar-refractivity contribution >= 4 is 11.8 Å². The Bertz CT molecular complexity index is 367. The second kappa shape index (κ2) is 5.32. The Hall–Kier alpha value is -1.66. The Morgan fingerprint density at radius 2 is 1.22 bits per heavy atom. The average Bonchev–Trinajstić information content (AvgIpc) is 2.94. The summed E-state index contributed by atoms with van der Waals surface area (Å²) in [4.78, 5) is 23.4. The van der Waals surface area contributed by atoms with E-state index < -0.39 is 0 Å². The zero-order chi connectivity index (χ0) is 13.1. The van der Waals surface area contributed by atoms with Crippen molar-refractivity contribution in [3.63, 3.8) is 0 Å². The number of nitrogens with two attached hydrogens (primary N) is 2. The van der Waals surface area contributed by atoms with Crippen molar-refractivity contribution in [2.45, 2.75) is 24.9 Å². The van der Waals surface area contributed by atoms with E-state index in [1.165, 1.54) is 0 Å². The van der Waals surface area contributed by atoms with Gasteiger partial charge in [0.15, 0.2) is 0 Å². The predicted molar refractivity (Wildman–Crippen MR) is 66.7 cm³/mol. The van der Waals surface area contributed by atoms with Crippen molar-refractivity contribution in [1.82, 2.24) is 10.9 Å².